The first-order valence-electron chi connectivity index (χ1n) is 15.3. The van der Waals surface area contributed by atoms with Crippen molar-refractivity contribution in [2.24, 2.45) is 5.92 Å². The molecule has 2 amide bonds. The summed E-state index contributed by atoms with van der Waals surface area (Å²) in [6.07, 6.45) is 4.95. The first kappa shape index (κ1) is 32.3. The van der Waals surface area contributed by atoms with Gasteiger partial charge in [0.25, 0.3) is 0 Å². The molecule has 3 N–H and O–H groups in total. The normalized spacial score (nSPS) is 14.5. The Bertz CT molecular complexity index is 1630. The minimum atomic E-state index is -0.542. The molecule has 1 aliphatic rings. The molecular formula is C32H42N8O4S. The van der Waals surface area contributed by atoms with Gasteiger partial charge in [0.15, 0.2) is 11.0 Å². The van der Waals surface area contributed by atoms with Crippen molar-refractivity contribution in [3.8, 4) is 11.1 Å². The van der Waals surface area contributed by atoms with E-state index >= 15 is 0 Å². The molecule has 45 heavy (non-hydrogen) atoms. The van der Waals surface area contributed by atoms with Crippen LogP contribution >= 0.6 is 11.3 Å². The standard InChI is InChI=1S/C32H42N8O4S/c1-31(2,3)28-38-26(39-44-28)9-12-33-19-35-29-37-24-8-7-21(16-25(24)45-29)22-15-23(18-34-17-22)36-27(41)20-10-13-40(14-11-20)30(42)43-32(4,5)6/h7-8,15-18,20,33H,9-14,19H2,1-6H3,(H,35,37)(H,36,41). The molecule has 0 atom stereocenters. The number of anilines is 2. The molecule has 0 spiro atoms. The van der Waals surface area contributed by atoms with Crippen LogP contribution in [0.2, 0.25) is 0 Å². The summed E-state index contributed by atoms with van der Waals surface area (Å²) in [6.45, 7) is 13.9. The summed E-state index contributed by atoms with van der Waals surface area (Å²) in [4.78, 5) is 40.6. The highest BCUT2D eigenvalue weighted by atomic mass is 32.1. The Balaban J connectivity index is 1.11. The average molecular weight is 635 g/mol. The van der Waals surface area contributed by atoms with E-state index in [9.17, 15) is 9.59 Å². The van der Waals surface area contributed by atoms with Crippen molar-refractivity contribution in [3.05, 3.63) is 48.4 Å². The fourth-order valence-corrected chi connectivity index (χ4v) is 5.73. The summed E-state index contributed by atoms with van der Waals surface area (Å²) >= 11 is 1.58. The fraction of sp³-hybridized carbons (Fsp3) is 0.500. The van der Waals surface area contributed by atoms with E-state index in [1.165, 1.54) is 0 Å². The summed E-state index contributed by atoms with van der Waals surface area (Å²) in [5.74, 6) is 1.10. The molecule has 1 aliphatic heterocycles. The van der Waals surface area contributed by atoms with Crippen LogP contribution in [0.3, 0.4) is 0 Å². The molecule has 0 radical (unpaired) electrons. The van der Waals surface area contributed by atoms with Crippen LogP contribution in [0.15, 0.2) is 41.2 Å². The molecule has 0 saturated carbocycles. The molecular weight excluding hydrogens is 592 g/mol. The van der Waals surface area contributed by atoms with Crippen LogP contribution in [0.5, 0.6) is 0 Å². The van der Waals surface area contributed by atoms with E-state index in [-0.39, 0.29) is 23.3 Å². The second kappa shape index (κ2) is 13.5. The summed E-state index contributed by atoms with van der Waals surface area (Å²) < 4.78 is 11.9. The van der Waals surface area contributed by atoms with E-state index in [0.29, 0.717) is 63.0 Å². The Kier molecular flexibility index (Phi) is 9.68. The number of pyridine rings is 1. The Morgan fingerprint density at radius 1 is 1.04 bits per heavy atom. The molecule has 4 heterocycles. The number of hydrogen-bond acceptors (Lipinski definition) is 11. The predicted molar refractivity (Wildman–Crippen MR) is 175 cm³/mol. The van der Waals surface area contributed by atoms with Crippen molar-refractivity contribution < 1.29 is 18.8 Å². The van der Waals surface area contributed by atoms with Gasteiger partial charge in [-0.25, -0.2) is 9.78 Å². The van der Waals surface area contributed by atoms with E-state index in [2.05, 4.69) is 37.1 Å². The van der Waals surface area contributed by atoms with Crippen LogP contribution < -0.4 is 16.0 Å². The number of rotatable bonds is 9. The van der Waals surface area contributed by atoms with Crippen molar-refractivity contribution in [1.82, 2.24) is 30.3 Å². The number of nitrogens with one attached hydrogen (secondary N) is 3. The fourth-order valence-electron chi connectivity index (χ4n) is 4.83. The topological polar surface area (TPSA) is 147 Å². The van der Waals surface area contributed by atoms with E-state index in [0.717, 1.165) is 26.5 Å². The van der Waals surface area contributed by atoms with Crippen LogP contribution in [0.4, 0.5) is 15.6 Å². The summed E-state index contributed by atoms with van der Waals surface area (Å²) in [6, 6.07) is 8.02. The average Bonchev–Trinajstić information content (AvgIpc) is 3.63. The Morgan fingerprint density at radius 3 is 2.53 bits per heavy atom. The Labute approximate surface area is 267 Å². The van der Waals surface area contributed by atoms with Crippen LogP contribution in [0.25, 0.3) is 21.3 Å². The van der Waals surface area contributed by atoms with Gasteiger partial charge in [-0.2, -0.15) is 4.98 Å². The molecule has 3 aromatic heterocycles. The van der Waals surface area contributed by atoms with Crippen LogP contribution in [0.1, 0.15) is 66.1 Å². The number of fused-ring (bicyclic) bond motifs is 1. The third-order valence-corrected chi connectivity index (χ3v) is 8.22. The molecule has 5 rings (SSSR count). The van der Waals surface area contributed by atoms with Gasteiger partial charge in [-0.1, -0.05) is 43.3 Å². The molecule has 240 valence electrons. The highest BCUT2D eigenvalue weighted by Crippen LogP contribution is 2.31. The molecule has 1 fully saturated rings. The lowest BCUT2D eigenvalue weighted by Gasteiger charge is -2.32. The van der Waals surface area contributed by atoms with E-state index in [1.54, 1.807) is 28.6 Å². The minimum Gasteiger partial charge on any atom is -0.444 e. The first-order valence-corrected chi connectivity index (χ1v) is 16.1. The molecule has 0 aliphatic carbocycles. The molecule has 13 heteroatoms. The first-order chi connectivity index (χ1) is 21.3. The maximum atomic E-state index is 13.0. The summed E-state index contributed by atoms with van der Waals surface area (Å²) in [5.41, 5.74) is 2.73. The van der Waals surface area contributed by atoms with Crippen LogP contribution in [-0.2, 0) is 21.4 Å². The zero-order chi connectivity index (χ0) is 32.2. The third-order valence-electron chi connectivity index (χ3n) is 7.24. The summed E-state index contributed by atoms with van der Waals surface area (Å²) in [5, 5.41) is 14.6. The number of piperidine rings is 1. The molecule has 0 unspecified atom stereocenters. The number of likely N-dealkylation sites (tertiary alicyclic amines) is 1. The summed E-state index contributed by atoms with van der Waals surface area (Å²) in [7, 11) is 0. The maximum absolute atomic E-state index is 13.0. The zero-order valence-electron chi connectivity index (χ0n) is 26.8. The van der Waals surface area contributed by atoms with Gasteiger partial charge in [0.1, 0.15) is 5.60 Å². The molecule has 12 nitrogen and oxygen atoms in total. The molecule has 1 saturated heterocycles. The number of hydrogen-bond donors (Lipinski definition) is 3. The van der Waals surface area contributed by atoms with E-state index < -0.39 is 5.60 Å². The van der Waals surface area contributed by atoms with Crippen LogP contribution in [0, 0.1) is 5.92 Å². The van der Waals surface area contributed by atoms with Gasteiger partial charge in [0.2, 0.25) is 11.8 Å². The second-order valence-electron chi connectivity index (χ2n) is 13.3. The molecule has 4 aromatic rings. The Hall–Kier alpha value is -4.10. The van der Waals surface area contributed by atoms with Crippen LogP contribution in [-0.4, -0.2) is 68.9 Å². The van der Waals surface area contributed by atoms with Crippen molar-refractivity contribution >= 4 is 44.4 Å². The molecule has 0 bridgehead atoms. The second-order valence-corrected chi connectivity index (χ2v) is 14.3. The van der Waals surface area contributed by atoms with Gasteiger partial charge in [-0.05, 0) is 57.4 Å². The van der Waals surface area contributed by atoms with Crippen molar-refractivity contribution in [3.63, 3.8) is 0 Å². The SMILES string of the molecule is CC(C)(C)OC(=O)N1CCC(C(=O)Nc2cncc(-c3ccc4nc(NCNCCc5noc(C(C)(C)C)n5)sc4c3)c2)CC1. The van der Waals surface area contributed by atoms with Gasteiger partial charge in [0, 0.05) is 49.1 Å². The monoisotopic (exact) mass is 634 g/mol. The van der Waals surface area contributed by atoms with Gasteiger partial charge in [-0.3, -0.25) is 15.1 Å². The number of amides is 2. The lowest BCUT2D eigenvalue weighted by Crippen LogP contribution is -2.43. The quantitative estimate of drug-likeness (QED) is 0.152. The Morgan fingerprint density at radius 2 is 1.82 bits per heavy atom. The predicted octanol–water partition coefficient (Wildman–Crippen LogP) is 5.83. The zero-order valence-corrected chi connectivity index (χ0v) is 27.6. The number of benzene rings is 1. The van der Waals surface area contributed by atoms with Crippen molar-refractivity contribution in [1.29, 1.82) is 0 Å². The highest BCUT2D eigenvalue weighted by molar-refractivity contribution is 7.22. The van der Waals surface area contributed by atoms with Gasteiger partial charge in [-0.15, -0.1) is 0 Å². The van der Waals surface area contributed by atoms with E-state index in [1.807, 2.05) is 59.7 Å². The number of carbonyl (C=O) groups is 2. The number of nitrogens with zero attached hydrogens (tertiary/aromatic N) is 5. The van der Waals surface area contributed by atoms with Gasteiger partial charge >= 0.3 is 6.09 Å². The van der Waals surface area contributed by atoms with Gasteiger partial charge < -0.3 is 24.8 Å². The molecule has 1 aromatic carbocycles. The lowest BCUT2D eigenvalue weighted by atomic mass is 9.96. The van der Waals surface area contributed by atoms with E-state index in [4.69, 9.17) is 14.2 Å². The highest BCUT2D eigenvalue weighted by Gasteiger charge is 2.30. The smallest absolute Gasteiger partial charge is 0.410 e. The van der Waals surface area contributed by atoms with Gasteiger partial charge in [0.05, 0.1) is 28.8 Å². The number of aromatic nitrogens is 4. The minimum absolute atomic E-state index is 0.0630. The third kappa shape index (κ3) is 8.76. The van der Waals surface area contributed by atoms with Crippen molar-refractivity contribution in [2.45, 2.75) is 71.8 Å². The number of thiazole rings is 1. The largest absolute Gasteiger partial charge is 0.444 e. The number of carbonyl (C=O) groups excluding carboxylic acids is 2. The maximum Gasteiger partial charge on any atom is 0.410 e. The lowest BCUT2D eigenvalue weighted by molar-refractivity contribution is -0.121. The number of ether oxygens (including phenoxy) is 1. The van der Waals surface area contributed by atoms with Crippen molar-refractivity contribution in [2.75, 3.05) is 36.9 Å².